The Balaban J connectivity index is 1.88. The average Bonchev–Trinajstić information content (AvgIpc) is 2.74. The largest absolute Gasteiger partial charge is 0.365 e. The molecule has 3 rings (SSSR count). The Bertz CT molecular complexity index is 552. The zero-order valence-electron chi connectivity index (χ0n) is 9.97. The zero-order valence-corrected chi connectivity index (χ0v) is 12.4. The number of thiophene rings is 1. The van der Waals surface area contributed by atoms with Gasteiger partial charge in [0, 0.05) is 33.0 Å². The summed E-state index contributed by atoms with van der Waals surface area (Å²) in [5, 5.41) is 2.13. The van der Waals surface area contributed by atoms with E-state index < -0.39 is 0 Å². The van der Waals surface area contributed by atoms with Gasteiger partial charge in [0.15, 0.2) is 0 Å². The molecule has 94 valence electrons. The number of para-hydroxylation sites is 1. The van der Waals surface area contributed by atoms with E-state index in [4.69, 9.17) is 5.73 Å². The highest BCUT2D eigenvalue weighted by Crippen LogP contribution is 2.29. The lowest BCUT2D eigenvalue weighted by Crippen LogP contribution is -2.42. The molecule has 0 radical (unpaired) electrons. The van der Waals surface area contributed by atoms with Gasteiger partial charge in [-0.05, 0) is 40.0 Å². The van der Waals surface area contributed by atoms with Crippen molar-refractivity contribution in [2.75, 3.05) is 11.4 Å². The number of nitrogens with two attached hydrogens (primary N) is 1. The predicted octanol–water partition coefficient (Wildman–Crippen LogP) is 3.40. The summed E-state index contributed by atoms with van der Waals surface area (Å²) in [6, 6.07) is 11.0. The number of benzene rings is 1. The molecule has 0 bridgehead atoms. The fraction of sp³-hybridized carbons (Fsp3) is 0.286. The average molecular weight is 323 g/mol. The van der Waals surface area contributed by atoms with Crippen LogP contribution in [0.2, 0.25) is 0 Å². The first-order chi connectivity index (χ1) is 8.72. The predicted molar refractivity (Wildman–Crippen MR) is 81.2 cm³/mol. The molecule has 1 unspecified atom stereocenters. The van der Waals surface area contributed by atoms with Crippen LogP contribution in [0, 0.1) is 0 Å². The number of hydrogen-bond acceptors (Lipinski definition) is 3. The molecule has 1 aromatic carbocycles. The standard InChI is InChI=1S/C14H15BrN2S/c15-11-6-13(18-9-11)8-17-7-12(16)5-10-3-1-2-4-14(10)17/h1-4,6,9,12H,5,7-8,16H2. The molecule has 2 aromatic rings. The van der Waals surface area contributed by atoms with Gasteiger partial charge >= 0.3 is 0 Å². The minimum Gasteiger partial charge on any atom is -0.365 e. The fourth-order valence-electron chi connectivity index (χ4n) is 2.49. The van der Waals surface area contributed by atoms with E-state index in [-0.39, 0.29) is 6.04 Å². The molecule has 1 aliphatic heterocycles. The van der Waals surface area contributed by atoms with Crippen molar-refractivity contribution < 1.29 is 0 Å². The molecule has 0 spiro atoms. The van der Waals surface area contributed by atoms with Gasteiger partial charge in [-0.1, -0.05) is 18.2 Å². The van der Waals surface area contributed by atoms with E-state index in [0.29, 0.717) is 0 Å². The van der Waals surface area contributed by atoms with E-state index in [2.05, 4.69) is 56.5 Å². The van der Waals surface area contributed by atoms with Crippen molar-refractivity contribution in [1.29, 1.82) is 0 Å². The van der Waals surface area contributed by atoms with Gasteiger partial charge in [-0.3, -0.25) is 0 Å². The van der Waals surface area contributed by atoms with Gasteiger partial charge in [-0.25, -0.2) is 0 Å². The van der Waals surface area contributed by atoms with Crippen molar-refractivity contribution in [2.45, 2.75) is 19.0 Å². The summed E-state index contributed by atoms with van der Waals surface area (Å²) in [6.45, 7) is 1.88. The fourth-order valence-corrected chi connectivity index (χ4v) is 3.96. The summed E-state index contributed by atoms with van der Waals surface area (Å²) in [5.74, 6) is 0. The summed E-state index contributed by atoms with van der Waals surface area (Å²) in [5.41, 5.74) is 8.86. The van der Waals surface area contributed by atoms with Crippen LogP contribution in [0.15, 0.2) is 40.2 Å². The van der Waals surface area contributed by atoms with Gasteiger partial charge in [0.2, 0.25) is 0 Å². The second kappa shape index (κ2) is 5.03. The summed E-state index contributed by atoms with van der Waals surface area (Å²) in [4.78, 5) is 3.76. The van der Waals surface area contributed by atoms with E-state index in [9.17, 15) is 0 Å². The van der Waals surface area contributed by atoms with Crippen LogP contribution in [0.4, 0.5) is 5.69 Å². The zero-order chi connectivity index (χ0) is 12.5. The Hall–Kier alpha value is -0.840. The lowest BCUT2D eigenvalue weighted by Gasteiger charge is -2.34. The molecule has 18 heavy (non-hydrogen) atoms. The lowest BCUT2D eigenvalue weighted by atomic mass is 9.98. The number of hydrogen-bond donors (Lipinski definition) is 1. The molecular weight excluding hydrogens is 308 g/mol. The highest BCUT2D eigenvalue weighted by Gasteiger charge is 2.21. The molecule has 0 saturated carbocycles. The van der Waals surface area contributed by atoms with Crippen molar-refractivity contribution in [3.05, 3.63) is 50.6 Å². The highest BCUT2D eigenvalue weighted by molar-refractivity contribution is 9.10. The minimum atomic E-state index is 0.239. The molecule has 0 fully saturated rings. The van der Waals surface area contributed by atoms with E-state index in [1.165, 1.54) is 16.1 Å². The quantitative estimate of drug-likeness (QED) is 0.918. The monoisotopic (exact) mass is 322 g/mol. The van der Waals surface area contributed by atoms with Crippen LogP contribution in [0.1, 0.15) is 10.4 Å². The second-order valence-electron chi connectivity index (χ2n) is 4.70. The van der Waals surface area contributed by atoms with E-state index in [1.54, 1.807) is 11.3 Å². The Morgan fingerprint density at radius 3 is 3.00 bits per heavy atom. The number of rotatable bonds is 2. The first-order valence-electron chi connectivity index (χ1n) is 6.04. The Morgan fingerprint density at radius 1 is 1.39 bits per heavy atom. The van der Waals surface area contributed by atoms with E-state index in [1.807, 2.05) is 0 Å². The summed E-state index contributed by atoms with van der Waals surface area (Å²) in [7, 11) is 0. The number of anilines is 1. The van der Waals surface area contributed by atoms with Crippen LogP contribution in [-0.4, -0.2) is 12.6 Å². The second-order valence-corrected chi connectivity index (χ2v) is 6.62. The number of fused-ring (bicyclic) bond motifs is 1. The van der Waals surface area contributed by atoms with Crippen LogP contribution < -0.4 is 10.6 Å². The maximum atomic E-state index is 6.15. The molecule has 1 aliphatic rings. The maximum absolute atomic E-state index is 6.15. The third-order valence-electron chi connectivity index (χ3n) is 3.24. The molecular formula is C14H15BrN2S. The third-order valence-corrected chi connectivity index (χ3v) is 4.92. The first-order valence-corrected chi connectivity index (χ1v) is 7.71. The first kappa shape index (κ1) is 12.2. The van der Waals surface area contributed by atoms with Crippen LogP contribution in [0.25, 0.3) is 0 Å². The molecule has 4 heteroatoms. The van der Waals surface area contributed by atoms with Crippen molar-refractivity contribution in [1.82, 2.24) is 0 Å². The van der Waals surface area contributed by atoms with Crippen LogP contribution in [-0.2, 0) is 13.0 Å². The van der Waals surface area contributed by atoms with Crippen molar-refractivity contribution >= 4 is 33.0 Å². The molecule has 0 aliphatic carbocycles. The van der Waals surface area contributed by atoms with Crippen LogP contribution in [0.3, 0.4) is 0 Å². The molecule has 2 nitrogen and oxygen atoms in total. The number of halogens is 1. The van der Waals surface area contributed by atoms with Gasteiger partial charge < -0.3 is 10.6 Å². The van der Waals surface area contributed by atoms with Gasteiger partial charge in [0.05, 0.1) is 6.54 Å². The third kappa shape index (κ3) is 2.46. The van der Waals surface area contributed by atoms with E-state index >= 15 is 0 Å². The maximum Gasteiger partial charge on any atom is 0.0524 e. The lowest BCUT2D eigenvalue weighted by molar-refractivity contribution is 0.600. The number of nitrogens with zero attached hydrogens (tertiary/aromatic N) is 1. The Kier molecular flexibility index (Phi) is 3.41. The molecule has 0 saturated heterocycles. The normalized spacial score (nSPS) is 18.8. The topological polar surface area (TPSA) is 29.3 Å². The van der Waals surface area contributed by atoms with Crippen molar-refractivity contribution in [3.63, 3.8) is 0 Å². The van der Waals surface area contributed by atoms with Gasteiger partial charge in [-0.2, -0.15) is 0 Å². The Morgan fingerprint density at radius 2 is 2.22 bits per heavy atom. The van der Waals surface area contributed by atoms with Crippen LogP contribution in [0.5, 0.6) is 0 Å². The molecule has 0 amide bonds. The SMILES string of the molecule is NC1Cc2ccccc2N(Cc2cc(Br)cs2)C1. The minimum absolute atomic E-state index is 0.239. The van der Waals surface area contributed by atoms with Gasteiger partial charge in [0.1, 0.15) is 0 Å². The molecule has 2 N–H and O–H groups in total. The molecule has 1 aromatic heterocycles. The summed E-state index contributed by atoms with van der Waals surface area (Å²) >= 11 is 5.30. The smallest absolute Gasteiger partial charge is 0.0524 e. The van der Waals surface area contributed by atoms with Crippen LogP contribution >= 0.6 is 27.3 Å². The molecule has 1 atom stereocenters. The Labute approximate surface area is 120 Å². The van der Waals surface area contributed by atoms with Crippen molar-refractivity contribution in [3.8, 4) is 0 Å². The summed E-state index contributed by atoms with van der Waals surface area (Å²) < 4.78 is 1.16. The van der Waals surface area contributed by atoms with Gasteiger partial charge in [-0.15, -0.1) is 11.3 Å². The molecule has 2 heterocycles. The summed E-state index contributed by atoms with van der Waals surface area (Å²) in [6.07, 6.45) is 0.987. The van der Waals surface area contributed by atoms with E-state index in [0.717, 1.165) is 24.0 Å². The highest BCUT2D eigenvalue weighted by atomic mass is 79.9. The van der Waals surface area contributed by atoms with Gasteiger partial charge in [0.25, 0.3) is 0 Å². The van der Waals surface area contributed by atoms with Crippen molar-refractivity contribution in [2.24, 2.45) is 5.73 Å².